The van der Waals surface area contributed by atoms with E-state index in [0.717, 1.165) is 24.8 Å². The maximum Gasteiger partial charge on any atom is 0.117 e. The van der Waals surface area contributed by atoms with Crippen molar-refractivity contribution in [3.8, 4) is 0 Å². The molecule has 0 aromatic carbocycles. The van der Waals surface area contributed by atoms with Crippen LogP contribution in [-0.4, -0.2) is 31.7 Å². The van der Waals surface area contributed by atoms with Crippen molar-refractivity contribution < 1.29 is 9.15 Å². The fourth-order valence-electron chi connectivity index (χ4n) is 3.79. The molecule has 1 aliphatic carbocycles. The van der Waals surface area contributed by atoms with E-state index < -0.39 is 0 Å². The Bertz CT molecular complexity index is 362. The van der Waals surface area contributed by atoms with E-state index >= 15 is 0 Å². The number of fused-ring (bicyclic) bond motifs is 1. The lowest BCUT2D eigenvalue weighted by molar-refractivity contribution is 0.0695. The Morgan fingerprint density at radius 3 is 3.29 bits per heavy atom. The van der Waals surface area contributed by atoms with Gasteiger partial charge in [-0.05, 0) is 30.9 Å². The van der Waals surface area contributed by atoms with Crippen LogP contribution in [-0.2, 0) is 11.3 Å². The molecular formula is C14H21NO2. The number of ether oxygens (including phenoxy) is 1. The maximum atomic E-state index is 5.46. The molecule has 0 radical (unpaired) electrons. The third-order valence-electron chi connectivity index (χ3n) is 4.50. The number of furan rings is 1. The molecule has 1 aliphatic heterocycles. The standard InChI is InChI=1S/C14H21NO2/c1-16-11-14-6-2-4-12(14)8-15(10-14)9-13-5-3-7-17-13/h3,5,7,12H,2,4,6,8-11H2,1H3/t12-,14+/m1/s1. The van der Waals surface area contributed by atoms with Crippen LogP contribution in [0, 0.1) is 11.3 Å². The van der Waals surface area contributed by atoms with Gasteiger partial charge in [0.15, 0.2) is 0 Å². The van der Waals surface area contributed by atoms with E-state index in [1.54, 1.807) is 6.26 Å². The molecule has 2 aliphatic rings. The highest BCUT2D eigenvalue weighted by molar-refractivity contribution is 5.04. The van der Waals surface area contributed by atoms with Gasteiger partial charge >= 0.3 is 0 Å². The largest absolute Gasteiger partial charge is 0.468 e. The van der Waals surface area contributed by atoms with Crippen LogP contribution in [0.1, 0.15) is 25.0 Å². The average molecular weight is 235 g/mol. The van der Waals surface area contributed by atoms with Gasteiger partial charge in [-0.3, -0.25) is 4.90 Å². The number of methoxy groups -OCH3 is 1. The first-order chi connectivity index (χ1) is 8.32. The molecule has 3 heteroatoms. The van der Waals surface area contributed by atoms with Crippen LogP contribution in [0.2, 0.25) is 0 Å². The summed E-state index contributed by atoms with van der Waals surface area (Å²) in [6.45, 7) is 4.26. The first kappa shape index (κ1) is 11.3. The Hall–Kier alpha value is -0.800. The molecule has 0 N–H and O–H groups in total. The smallest absolute Gasteiger partial charge is 0.117 e. The predicted molar refractivity (Wildman–Crippen MR) is 65.6 cm³/mol. The van der Waals surface area contributed by atoms with Gasteiger partial charge < -0.3 is 9.15 Å². The molecule has 3 nitrogen and oxygen atoms in total. The van der Waals surface area contributed by atoms with Crippen molar-refractivity contribution in [2.75, 3.05) is 26.8 Å². The number of hydrogen-bond acceptors (Lipinski definition) is 3. The second kappa shape index (κ2) is 4.46. The number of likely N-dealkylation sites (tertiary alicyclic amines) is 1. The third kappa shape index (κ3) is 2.02. The van der Waals surface area contributed by atoms with Crippen molar-refractivity contribution in [1.82, 2.24) is 4.90 Å². The van der Waals surface area contributed by atoms with Gasteiger partial charge in [-0.15, -0.1) is 0 Å². The number of nitrogens with zero attached hydrogens (tertiary/aromatic N) is 1. The fraction of sp³-hybridized carbons (Fsp3) is 0.714. The van der Waals surface area contributed by atoms with Gasteiger partial charge in [-0.25, -0.2) is 0 Å². The minimum Gasteiger partial charge on any atom is -0.468 e. The summed E-state index contributed by atoms with van der Waals surface area (Å²) in [6, 6.07) is 4.04. The zero-order chi connectivity index (χ0) is 11.7. The predicted octanol–water partition coefficient (Wildman–Crippen LogP) is 2.53. The van der Waals surface area contributed by atoms with E-state index in [1.165, 1.54) is 32.4 Å². The monoisotopic (exact) mass is 235 g/mol. The van der Waals surface area contributed by atoms with Crippen LogP contribution in [0.15, 0.2) is 22.8 Å². The van der Waals surface area contributed by atoms with Gasteiger partial charge in [0, 0.05) is 25.6 Å². The van der Waals surface area contributed by atoms with E-state index in [4.69, 9.17) is 9.15 Å². The lowest BCUT2D eigenvalue weighted by atomic mass is 9.82. The van der Waals surface area contributed by atoms with Crippen LogP contribution in [0.5, 0.6) is 0 Å². The summed E-state index contributed by atoms with van der Waals surface area (Å²) in [5, 5.41) is 0. The Balaban J connectivity index is 1.67. The van der Waals surface area contributed by atoms with Gasteiger partial charge in [-0.1, -0.05) is 6.42 Å². The van der Waals surface area contributed by atoms with Crippen LogP contribution in [0.3, 0.4) is 0 Å². The third-order valence-corrected chi connectivity index (χ3v) is 4.50. The topological polar surface area (TPSA) is 25.6 Å². The van der Waals surface area contributed by atoms with E-state index in [-0.39, 0.29) is 0 Å². The van der Waals surface area contributed by atoms with Crippen LogP contribution < -0.4 is 0 Å². The molecule has 0 unspecified atom stereocenters. The summed E-state index contributed by atoms with van der Waals surface area (Å²) in [6.07, 6.45) is 5.85. The molecule has 1 aromatic rings. The minimum absolute atomic E-state index is 0.432. The second-order valence-corrected chi connectivity index (χ2v) is 5.63. The summed E-state index contributed by atoms with van der Waals surface area (Å²) in [5.41, 5.74) is 0.432. The summed E-state index contributed by atoms with van der Waals surface area (Å²) in [7, 11) is 1.83. The molecule has 3 rings (SSSR count). The molecule has 1 saturated carbocycles. The first-order valence-electron chi connectivity index (χ1n) is 6.56. The molecule has 17 heavy (non-hydrogen) atoms. The van der Waals surface area contributed by atoms with Crippen molar-refractivity contribution in [3.05, 3.63) is 24.2 Å². The molecule has 1 aromatic heterocycles. The number of hydrogen-bond donors (Lipinski definition) is 0. The van der Waals surface area contributed by atoms with Crippen molar-refractivity contribution in [3.63, 3.8) is 0 Å². The molecule has 2 fully saturated rings. The summed E-state index contributed by atoms with van der Waals surface area (Å²) < 4.78 is 10.9. The lowest BCUT2D eigenvalue weighted by Gasteiger charge is -2.27. The molecule has 0 bridgehead atoms. The van der Waals surface area contributed by atoms with E-state index in [0.29, 0.717) is 5.41 Å². The van der Waals surface area contributed by atoms with Gasteiger partial charge in [0.1, 0.15) is 5.76 Å². The van der Waals surface area contributed by atoms with Crippen molar-refractivity contribution in [2.24, 2.45) is 11.3 Å². The van der Waals surface area contributed by atoms with Gasteiger partial charge in [-0.2, -0.15) is 0 Å². The van der Waals surface area contributed by atoms with Crippen molar-refractivity contribution >= 4 is 0 Å². The highest BCUT2D eigenvalue weighted by atomic mass is 16.5. The van der Waals surface area contributed by atoms with Gasteiger partial charge in [0.25, 0.3) is 0 Å². The Labute approximate surface area is 103 Å². The minimum atomic E-state index is 0.432. The van der Waals surface area contributed by atoms with Crippen molar-refractivity contribution in [1.29, 1.82) is 0 Å². The Kier molecular flexibility index (Phi) is 2.97. The SMILES string of the molecule is COC[C@@]12CCC[C@@H]1CN(Cc1ccco1)C2. The quantitative estimate of drug-likeness (QED) is 0.802. The lowest BCUT2D eigenvalue weighted by Crippen LogP contribution is -2.31. The molecule has 0 amide bonds. The van der Waals surface area contributed by atoms with Crippen LogP contribution in [0.4, 0.5) is 0 Å². The Morgan fingerprint density at radius 2 is 2.53 bits per heavy atom. The maximum absolute atomic E-state index is 5.46. The molecule has 0 spiro atoms. The molecule has 2 atom stereocenters. The van der Waals surface area contributed by atoms with E-state index in [1.807, 2.05) is 13.2 Å². The van der Waals surface area contributed by atoms with Crippen LogP contribution in [0.25, 0.3) is 0 Å². The molecule has 94 valence electrons. The normalized spacial score (nSPS) is 33.1. The van der Waals surface area contributed by atoms with E-state index in [2.05, 4.69) is 11.0 Å². The highest BCUT2D eigenvalue weighted by Gasteiger charge is 2.49. The van der Waals surface area contributed by atoms with Crippen LogP contribution >= 0.6 is 0 Å². The second-order valence-electron chi connectivity index (χ2n) is 5.63. The first-order valence-corrected chi connectivity index (χ1v) is 6.56. The van der Waals surface area contributed by atoms with Gasteiger partial charge in [0.2, 0.25) is 0 Å². The summed E-state index contributed by atoms with van der Waals surface area (Å²) in [4.78, 5) is 2.53. The van der Waals surface area contributed by atoms with Crippen molar-refractivity contribution in [2.45, 2.75) is 25.8 Å². The molecule has 2 heterocycles. The highest BCUT2D eigenvalue weighted by Crippen LogP contribution is 2.49. The van der Waals surface area contributed by atoms with E-state index in [9.17, 15) is 0 Å². The summed E-state index contributed by atoms with van der Waals surface area (Å²) >= 11 is 0. The zero-order valence-electron chi connectivity index (χ0n) is 10.5. The summed E-state index contributed by atoms with van der Waals surface area (Å²) in [5.74, 6) is 1.91. The van der Waals surface area contributed by atoms with Gasteiger partial charge in [0.05, 0.1) is 19.4 Å². The molecular weight excluding hydrogens is 214 g/mol. The number of rotatable bonds is 4. The molecule has 1 saturated heterocycles. The fourth-order valence-corrected chi connectivity index (χ4v) is 3.79. The Morgan fingerprint density at radius 1 is 1.59 bits per heavy atom. The average Bonchev–Trinajstić information content (AvgIpc) is 2.94. The zero-order valence-corrected chi connectivity index (χ0v) is 10.5.